The molecule has 29 heavy (non-hydrogen) atoms. The fourth-order valence-electron chi connectivity index (χ4n) is 3.57. The third-order valence-electron chi connectivity index (χ3n) is 5.04. The van der Waals surface area contributed by atoms with Crippen molar-refractivity contribution < 1.29 is 9.53 Å². The quantitative estimate of drug-likeness (QED) is 0.557. The number of halogens is 1. The summed E-state index contributed by atoms with van der Waals surface area (Å²) in [5.41, 5.74) is 3.33. The Bertz CT molecular complexity index is 1120. The maximum atomic E-state index is 12.7. The fraction of sp³-hybridized carbons (Fsp3) is 0.217. The fourth-order valence-corrected chi connectivity index (χ4v) is 3.97. The molecule has 0 radical (unpaired) electrons. The molecule has 2 aromatic carbocycles. The highest BCUT2D eigenvalue weighted by molar-refractivity contribution is 9.10. The molecule has 0 unspecified atom stereocenters. The van der Waals surface area contributed by atoms with Gasteiger partial charge < -0.3 is 14.2 Å². The molecule has 0 aliphatic carbocycles. The van der Waals surface area contributed by atoms with Crippen LogP contribution in [0, 0.1) is 11.3 Å². The van der Waals surface area contributed by atoms with Gasteiger partial charge in [-0.25, -0.2) is 0 Å². The first-order valence-corrected chi connectivity index (χ1v) is 10.3. The van der Waals surface area contributed by atoms with Crippen LogP contribution in [0.4, 0.5) is 0 Å². The highest BCUT2D eigenvalue weighted by atomic mass is 79.9. The minimum Gasteiger partial charge on any atom is -0.378 e. The van der Waals surface area contributed by atoms with Crippen LogP contribution in [0.15, 0.2) is 59.2 Å². The summed E-state index contributed by atoms with van der Waals surface area (Å²) in [5, 5.41) is 10.7. The highest BCUT2D eigenvalue weighted by Gasteiger charge is 2.18. The third-order valence-corrected chi connectivity index (χ3v) is 5.54. The number of nitrogens with zero attached hydrogens (tertiary/aromatic N) is 3. The topological polar surface area (TPSA) is 58.3 Å². The van der Waals surface area contributed by atoms with E-state index in [1.165, 1.54) is 0 Å². The van der Waals surface area contributed by atoms with Gasteiger partial charge in [0.05, 0.1) is 24.9 Å². The van der Waals surface area contributed by atoms with Crippen LogP contribution < -0.4 is 0 Å². The van der Waals surface area contributed by atoms with Crippen molar-refractivity contribution in [3.05, 3.63) is 70.3 Å². The van der Waals surface area contributed by atoms with Crippen molar-refractivity contribution in [1.29, 1.82) is 5.26 Å². The molecule has 146 valence electrons. The van der Waals surface area contributed by atoms with Crippen molar-refractivity contribution in [3.63, 3.8) is 0 Å². The number of hydrogen-bond acceptors (Lipinski definition) is 3. The lowest BCUT2D eigenvalue weighted by molar-refractivity contribution is -0.135. The Morgan fingerprint density at radius 2 is 1.97 bits per heavy atom. The van der Waals surface area contributed by atoms with Crippen molar-refractivity contribution in [1.82, 2.24) is 9.47 Å². The molecule has 0 N–H and O–H groups in total. The summed E-state index contributed by atoms with van der Waals surface area (Å²) in [7, 11) is 0. The normalized spacial score (nSPS) is 14.8. The van der Waals surface area contributed by atoms with E-state index in [4.69, 9.17) is 4.74 Å². The minimum absolute atomic E-state index is 0.0806. The van der Waals surface area contributed by atoms with Gasteiger partial charge in [-0.05, 0) is 29.8 Å². The number of rotatable bonds is 4. The van der Waals surface area contributed by atoms with Gasteiger partial charge in [0.15, 0.2) is 0 Å². The number of ether oxygens (including phenoxy) is 1. The van der Waals surface area contributed by atoms with Crippen LogP contribution in [-0.4, -0.2) is 41.7 Å². The van der Waals surface area contributed by atoms with Gasteiger partial charge in [0.1, 0.15) is 6.54 Å². The van der Waals surface area contributed by atoms with E-state index in [0.717, 1.165) is 26.5 Å². The second kappa shape index (κ2) is 8.64. The molecule has 0 bridgehead atoms. The zero-order chi connectivity index (χ0) is 20.2. The number of carbonyl (C=O) groups excluding carboxylic acids is 1. The Balaban J connectivity index is 1.70. The summed E-state index contributed by atoms with van der Waals surface area (Å²) in [5.74, 6) is 0.0806. The maximum absolute atomic E-state index is 12.7. The van der Waals surface area contributed by atoms with Gasteiger partial charge in [-0.15, -0.1) is 0 Å². The van der Waals surface area contributed by atoms with Gasteiger partial charge in [-0.3, -0.25) is 4.79 Å². The van der Waals surface area contributed by atoms with Crippen molar-refractivity contribution in [2.24, 2.45) is 0 Å². The summed E-state index contributed by atoms with van der Waals surface area (Å²) in [4.78, 5) is 14.6. The number of morpholine rings is 1. The van der Waals surface area contributed by atoms with Gasteiger partial charge in [0.2, 0.25) is 5.91 Å². The summed E-state index contributed by atoms with van der Waals surface area (Å²) in [6.45, 7) is 2.71. The van der Waals surface area contributed by atoms with E-state index >= 15 is 0 Å². The van der Waals surface area contributed by atoms with E-state index in [9.17, 15) is 10.1 Å². The average molecular weight is 450 g/mol. The van der Waals surface area contributed by atoms with Gasteiger partial charge in [-0.1, -0.05) is 46.3 Å². The van der Waals surface area contributed by atoms with Crippen molar-refractivity contribution in [2.75, 3.05) is 26.3 Å². The van der Waals surface area contributed by atoms with Gasteiger partial charge in [0.25, 0.3) is 0 Å². The lowest BCUT2D eigenvalue weighted by Crippen LogP contribution is -2.42. The van der Waals surface area contributed by atoms with Crippen LogP contribution in [0.5, 0.6) is 0 Å². The monoisotopic (exact) mass is 449 g/mol. The second-order valence-electron chi connectivity index (χ2n) is 6.90. The number of nitriles is 1. The molecule has 1 amide bonds. The molecular weight excluding hydrogens is 430 g/mol. The van der Waals surface area contributed by atoms with Crippen LogP contribution in [0.1, 0.15) is 11.1 Å². The Hall–Kier alpha value is -2.88. The maximum Gasteiger partial charge on any atom is 0.242 e. The van der Waals surface area contributed by atoms with E-state index in [1.807, 2.05) is 70.3 Å². The van der Waals surface area contributed by atoms with E-state index < -0.39 is 0 Å². The zero-order valence-corrected chi connectivity index (χ0v) is 17.4. The van der Waals surface area contributed by atoms with E-state index in [1.54, 1.807) is 0 Å². The number of fused-ring (bicyclic) bond motifs is 1. The Labute approximate surface area is 177 Å². The van der Waals surface area contributed by atoms with Crippen LogP contribution in [0.3, 0.4) is 0 Å². The average Bonchev–Trinajstić information content (AvgIpc) is 3.10. The molecule has 4 rings (SSSR count). The molecule has 1 saturated heterocycles. The number of para-hydroxylation sites is 1. The molecule has 0 spiro atoms. The predicted molar refractivity (Wildman–Crippen MR) is 117 cm³/mol. The summed E-state index contributed by atoms with van der Waals surface area (Å²) >= 11 is 3.46. The Kier molecular flexibility index (Phi) is 5.79. The molecule has 2 heterocycles. The number of allylic oxidation sites excluding steroid dienone is 1. The molecule has 0 atom stereocenters. The summed E-state index contributed by atoms with van der Waals surface area (Å²) in [6, 6.07) is 18.0. The molecule has 0 saturated carbocycles. The smallest absolute Gasteiger partial charge is 0.242 e. The number of hydrogen-bond donors (Lipinski definition) is 0. The van der Waals surface area contributed by atoms with E-state index in [2.05, 4.69) is 22.0 Å². The van der Waals surface area contributed by atoms with Crippen LogP contribution in [0.25, 0.3) is 22.6 Å². The van der Waals surface area contributed by atoms with Gasteiger partial charge in [0, 0.05) is 40.2 Å². The molecule has 5 nitrogen and oxygen atoms in total. The lowest BCUT2D eigenvalue weighted by atomic mass is 10.0. The molecule has 1 fully saturated rings. The van der Waals surface area contributed by atoms with Crippen molar-refractivity contribution >= 4 is 44.4 Å². The largest absolute Gasteiger partial charge is 0.378 e. The molecule has 3 aromatic rings. The molecule has 6 heteroatoms. The molecule has 1 aliphatic heterocycles. The molecular formula is C23H20BrN3O2. The van der Waals surface area contributed by atoms with Crippen molar-refractivity contribution in [2.45, 2.75) is 6.54 Å². The summed E-state index contributed by atoms with van der Waals surface area (Å²) < 4.78 is 8.23. The summed E-state index contributed by atoms with van der Waals surface area (Å²) in [6.07, 6.45) is 3.85. The standard InChI is InChI=1S/C23H20BrN3O2/c24-20-5-3-4-17(13-20)18(14-25)12-19-15-27(22-7-2-1-6-21(19)22)16-23(28)26-8-10-29-11-9-26/h1-7,12-13,15H,8-11,16H2/b18-12+. The van der Waals surface area contributed by atoms with Crippen molar-refractivity contribution in [3.8, 4) is 6.07 Å². The number of carbonyl (C=O) groups is 1. The van der Waals surface area contributed by atoms with E-state index in [0.29, 0.717) is 31.9 Å². The number of benzene rings is 2. The number of amides is 1. The highest BCUT2D eigenvalue weighted by Crippen LogP contribution is 2.27. The minimum atomic E-state index is 0.0806. The van der Waals surface area contributed by atoms with Crippen LogP contribution in [-0.2, 0) is 16.1 Å². The van der Waals surface area contributed by atoms with Crippen LogP contribution >= 0.6 is 15.9 Å². The van der Waals surface area contributed by atoms with E-state index in [-0.39, 0.29) is 12.5 Å². The first-order valence-electron chi connectivity index (χ1n) is 9.47. The first kappa shape index (κ1) is 19.4. The SMILES string of the molecule is N#C/C(=C\c1cn(CC(=O)N2CCOCC2)c2ccccc12)c1cccc(Br)c1. The molecule has 1 aromatic heterocycles. The Morgan fingerprint density at radius 1 is 1.17 bits per heavy atom. The van der Waals surface area contributed by atoms with Gasteiger partial charge >= 0.3 is 0 Å². The second-order valence-corrected chi connectivity index (χ2v) is 7.82. The zero-order valence-electron chi connectivity index (χ0n) is 15.8. The third kappa shape index (κ3) is 4.26. The van der Waals surface area contributed by atoms with Crippen LogP contribution in [0.2, 0.25) is 0 Å². The lowest BCUT2D eigenvalue weighted by Gasteiger charge is -2.27. The molecule has 1 aliphatic rings. The predicted octanol–water partition coefficient (Wildman–Crippen LogP) is 4.33. The first-order chi connectivity index (χ1) is 14.2. The van der Waals surface area contributed by atoms with Gasteiger partial charge in [-0.2, -0.15) is 5.26 Å². The Morgan fingerprint density at radius 3 is 2.72 bits per heavy atom. The number of aromatic nitrogens is 1.